The molecule has 5 rings (SSSR count). The highest BCUT2D eigenvalue weighted by Crippen LogP contribution is 2.33. The number of H-pyrrole nitrogens is 2. The Morgan fingerprint density at radius 1 is 1.07 bits per heavy atom. The van der Waals surface area contributed by atoms with Crippen LogP contribution in [0.5, 0.6) is 5.88 Å². The molecule has 1 aliphatic heterocycles. The van der Waals surface area contributed by atoms with E-state index in [0.717, 1.165) is 40.7 Å². The third-order valence-corrected chi connectivity index (χ3v) is 6.09. The Labute approximate surface area is 172 Å². The summed E-state index contributed by atoms with van der Waals surface area (Å²) in [6.45, 7) is 2.61. The Bertz CT molecular complexity index is 1350. The molecule has 0 amide bonds. The fourth-order valence-electron chi connectivity index (χ4n) is 4.60. The van der Waals surface area contributed by atoms with Crippen LogP contribution in [0.15, 0.2) is 64.2 Å². The van der Waals surface area contributed by atoms with E-state index in [2.05, 4.69) is 16.0 Å². The number of aromatic amines is 2. The fraction of sp³-hybridized carbons (Fsp3) is 0.217. The van der Waals surface area contributed by atoms with E-state index < -0.39 is 23.3 Å². The predicted octanol–water partition coefficient (Wildman–Crippen LogP) is 1.54. The van der Waals surface area contributed by atoms with Crippen LogP contribution in [-0.2, 0) is 6.42 Å². The average molecular weight is 403 g/mol. The Balaban J connectivity index is 1.70. The summed E-state index contributed by atoms with van der Waals surface area (Å²) in [6, 6.07) is 16.6. The molecule has 0 bridgehead atoms. The monoisotopic (exact) mass is 403 g/mol. The zero-order valence-corrected chi connectivity index (χ0v) is 16.6. The van der Waals surface area contributed by atoms with E-state index in [1.165, 1.54) is 4.57 Å². The third kappa shape index (κ3) is 2.78. The number of nitrogens with zero attached hydrogens (tertiary/aromatic N) is 1. The first-order valence-electron chi connectivity index (χ1n) is 10.1. The third-order valence-electron chi connectivity index (χ3n) is 6.09. The number of aromatic nitrogens is 3. The number of benzene rings is 2. The summed E-state index contributed by atoms with van der Waals surface area (Å²) < 4.78 is 1.26. The van der Waals surface area contributed by atoms with Gasteiger partial charge in [0.05, 0.1) is 18.3 Å². The van der Waals surface area contributed by atoms with Crippen molar-refractivity contribution in [3.05, 3.63) is 97.8 Å². The molecule has 0 radical (unpaired) electrons. The van der Waals surface area contributed by atoms with Crippen LogP contribution < -0.4 is 16.6 Å². The molecule has 7 heteroatoms. The van der Waals surface area contributed by atoms with Crippen molar-refractivity contribution >= 4 is 10.9 Å². The summed E-state index contributed by atoms with van der Waals surface area (Å²) in [5.41, 5.74) is 2.96. The van der Waals surface area contributed by atoms with Gasteiger partial charge in [-0.3, -0.25) is 14.3 Å². The molecule has 2 atom stereocenters. The summed E-state index contributed by atoms with van der Waals surface area (Å²) in [6.07, 6.45) is 0.870. The lowest BCUT2D eigenvalue weighted by atomic mass is 9.95. The van der Waals surface area contributed by atoms with Gasteiger partial charge < -0.3 is 15.4 Å². The standard InChI is InChI=1S/C23H22N4O3/c1-13(14-7-3-2-4-8-14)27-22(29)18(21(28)26-23(27)30)20-19-16(11-12-24-20)15-9-5-6-10-17(15)25-19/h2-10,13,20,24-25,29H,11-12H2,1H3,(H,26,28,30)/p+1/t13-,20+/m0/s1. The highest BCUT2D eigenvalue weighted by molar-refractivity contribution is 5.85. The molecule has 30 heavy (non-hydrogen) atoms. The molecule has 3 heterocycles. The van der Waals surface area contributed by atoms with E-state index in [1.54, 1.807) is 0 Å². The van der Waals surface area contributed by atoms with Gasteiger partial charge in [-0.2, -0.15) is 0 Å². The second kappa shape index (κ2) is 7.03. The molecule has 0 aliphatic carbocycles. The lowest BCUT2D eigenvalue weighted by Crippen LogP contribution is -2.87. The number of aromatic hydroxyl groups is 1. The number of nitrogens with two attached hydrogens (primary N) is 1. The molecule has 0 saturated heterocycles. The highest BCUT2D eigenvalue weighted by atomic mass is 16.3. The van der Waals surface area contributed by atoms with Crippen LogP contribution in [0.4, 0.5) is 0 Å². The Morgan fingerprint density at radius 2 is 1.80 bits per heavy atom. The van der Waals surface area contributed by atoms with Crippen molar-refractivity contribution in [2.75, 3.05) is 6.54 Å². The predicted molar refractivity (Wildman–Crippen MR) is 114 cm³/mol. The van der Waals surface area contributed by atoms with Crippen molar-refractivity contribution in [1.82, 2.24) is 14.5 Å². The molecule has 4 aromatic rings. The summed E-state index contributed by atoms with van der Waals surface area (Å²) >= 11 is 0. The minimum Gasteiger partial charge on any atom is -0.494 e. The van der Waals surface area contributed by atoms with E-state index in [4.69, 9.17) is 0 Å². The summed E-state index contributed by atoms with van der Waals surface area (Å²) in [5.74, 6) is -0.284. The van der Waals surface area contributed by atoms with Crippen molar-refractivity contribution < 1.29 is 10.4 Å². The maximum Gasteiger partial charge on any atom is 0.331 e. The number of hydrogen-bond acceptors (Lipinski definition) is 3. The van der Waals surface area contributed by atoms with Crippen LogP contribution in [0.3, 0.4) is 0 Å². The number of para-hydroxylation sites is 1. The number of hydrogen-bond donors (Lipinski definition) is 4. The molecule has 0 fully saturated rings. The zero-order chi connectivity index (χ0) is 20.8. The normalized spacial score (nSPS) is 17.0. The molecule has 0 spiro atoms. The molecular weight excluding hydrogens is 380 g/mol. The van der Waals surface area contributed by atoms with Gasteiger partial charge in [0.2, 0.25) is 5.88 Å². The van der Waals surface area contributed by atoms with Gasteiger partial charge in [-0.25, -0.2) is 4.79 Å². The smallest absolute Gasteiger partial charge is 0.331 e. The molecular formula is C23H23N4O3+. The SMILES string of the molecule is C[C@@H](c1ccccc1)n1c(O)c([C@H]2[NH2+]CCc3c2[nH]c2ccccc32)c(=O)[nH]c1=O. The van der Waals surface area contributed by atoms with E-state index >= 15 is 0 Å². The lowest BCUT2D eigenvalue weighted by Gasteiger charge is -2.24. The quantitative estimate of drug-likeness (QED) is 0.417. The van der Waals surface area contributed by atoms with Crippen molar-refractivity contribution in [3.8, 4) is 5.88 Å². The molecule has 152 valence electrons. The summed E-state index contributed by atoms with van der Waals surface area (Å²) in [5, 5.41) is 14.3. The maximum atomic E-state index is 12.8. The lowest BCUT2D eigenvalue weighted by molar-refractivity contribution is -0.690. The van der Waals surface area contributed by atoms with Gasteiger partial charge in [0.25, 0.3) is 5.56 Å². The number of rotatable bonds is 3. The number of quaternary nitrogens is 1. The van der Waals surface area contributed by atoms with E-state index in [-0.39, 0.29) is 11.4 Å². The fourth-order valence-corrected chi connectivity index (χ4v) is 4.60. The minimum atomic E-state index is -0.620. The van der Waals surface area contributed by atoms with Crippen LogP contribution in [0.2, 0.25) is 0 Å². The second-order valence-corrected chi connectivity index (χ2v) is 7.77. The van der Waals surface area contributed by atoms with Crippen LogP contribution in [-0.4, -0.2) is 26.2 Å². The number of nitrogens with one attached hydrogen (secondary N) is 2. The highest BCUT2D eigenvalue weighted by Gasteiger charge is 2.34. The molecule has 5 N–H and O–H groups in total. The first-order valence-corrected chi connectivity index (χ1v) is 10.1. The van der Waals surface area contributed by atoms with Crippen molar-refractivity contribution in [2.45, 2.75) is 25.4 Å². The Hall–Kier alpha value is -3.58. The zero-order valence-electron chi connectivity index (χ0n) is 16.6. The van der Waals surface area contributed by atoms with Crippen LogP contribution in [0.25, 0.3) is 10.9 Å². The van der Waals surface area contributed by atoms with Gasteiger partial charge in [0.15, 0.2) is 6.04 Å². The average Bonchev–Trinajstić information content (AvgIpc) is 3.13. The largest absolute Gasteiger partial charge is 0.494 e. The van der Waals surface area contributed by atoms with E-state index in [1.807, 2.05) is 60.8 Å². The van der Waals surface area contributed by atoms with Crippen LogP contribution in [0, 0.1) is 0 Å². The molecule has 0 saturated carbocycles. The van der Waals surface area contributed by atoms with Crippen molar-refractivity contribution in [2.24, 2.45) is 0 Å². The van der Waals surface area contributed by atoms with Crippen LogP contribution in [0.1, 0.15) is 41.4 Å². The minimum absolute atomic E-state index is 0.199. The molecule has 2 aromatic carbocycles. The van der Waals surface area contributed by atoms with E-state index in [0.29, 0.717) is 0 Å². The Morgan fingerprint density at radius 3 is 2.60 bits per heavy atom. The van der Waals surface area contributed by atoms with Crippen LogP contribution >= 0.6 is 0 Å². The number of fused-ring (bicyclic) bond motifs is 3. The molecule has 2 aromatic heterocycles. The topological polar surface area (TPSA) is 107 Å². The molecule has 1 aliphatic rings. The van der Waals surface area contributed by atoms with Gasteiger partial charge in [-0.05, 0) is 24.1 Å². The van der Waals surface area contributed by atoms with Gasteiger partial charge in [-0.1, -0.05) is 48.5 Å². The van der Waals surface area contributed by atoms with Gasteiger partial charge in [0.1, 0.15) is 5.56 Å². The molecule has 0 unspecified atom stereocenters. The maximum absolute atomic E-state index is 12.8. The second-order valence-electron chi connectivity index (χ2n) is 7.77. The van der Waals surface area contributed by atoms with Gasteiger partial charge in [-0.15, -0.1) is 0 Å². The van der Waals surface area contributed by atoms with Gasteiger partial charge in [0, 0.05) is 17.3 Å². The summed E-state index contributed by atoms with van der Waals surface area (Å²) in [7, 11) is 0. The van der Waals surface area contributed by atoms with Crippen molar-refractivity contribution in [3.63, 3.8) is 0 Å². The van der Waals surface area contributed by atoms with E-state index in [9.17, 15) is 14.7 Å². The van der Waals surface area contributed by atoms with Gasteiger partial charge >= 0.3 is 5.69 Å². The summed E-state index contributed by atoms with van der Waals surface area (Å²) in [4.78, 5) is 31.3. The first-order chi connectivity index (χ1) is 14.6. The van der Waals surface area contributed by atoms with Crippen molar-refractivity contribution in [1.29, 1.82) is 0 Å². The molecule has 7 nitrogen and oxygen atoms in total. The Kier molecular flexibility index (Phi) is 4.33. The first kappa shape index (κ1) is 18.4.